The quantitative estimate of drug-likeness (QED) is 0.824. The zero-order valence-electron chi connectivity index (χ0n) is 13.3. The Morgan fingerprint density at radius 3 is 2.45 bits per heavy atom. The summed E-state index contributed by atoms with van der Waals surface area (Å²) < 4.78 is 0. The van der Waals surface area contributed by atoms with Gasteiger partial charge in [0, 0.05) is 32.1 Å². The van der Waals surface area contributed by atoms with Gasteiger partial charge >= 0.3 is 0 Å². The SMILES string of the molecule is CC(=O)NC(C(=O)N1CCC2CCC(C1)N2)C1CCCC1.Cl. The van der Waals surface area contributed by atoms with Crippen LogP contribution in [0.25, 0.3) is 0 Å². The summed E-state index contributed by atoms with van der Waals surface area (Å²) in [4.78, 5) is 26.4. The van der Waals surface area contributed by atoms with Crippen LogP contribution in [0, 0.1) is 5.92 Å². The minimum absolute atomic E-state index is 0. The first-order valence-electron chi connectivity index (χ1n) is 8.45. The highest BCUT2D eigenvalue weighted by Crippen LogP contribution is 2.29. The fourth-order valence-corrected chi connectivity index (χ4v) is 4.23. The Balaban J connectivity index is 0.00000176. The smallest absolute Gasteiger partial charge is 0.245 e. The molecule has 0 aromatic carbocycles. The molecule has 3 fully saturated rings. The lowest BCUT2D eigenvalue weighted by Gasteiger charge is -2.31. The van der Waals surface area contributed by atoms with Gasteiger partial charge in [-0.05, 0) is 38.0 Å². The number of nitrogens with one attached hydrogen (secondary N) is 2. The van der Waals surface area contributed by atoms with E-state index in [0.29, 0.717) is 18.0 Å². The van der Waals surface area contributed by atoms with E-state index in [2.05, 4.69) is 10.6 Å². The largest absolute Gasteiger partial charge is 0.344 e. The molecule has 2 aliphatic heterocycles. The van der Waals surface area contributed by atoms with E-state index in [9.17, 15) is 9.59 Å². The minimum Gasteiger partial charge on any atom is -0.344 e. The van der Waals surface area contributed by atoms with Crippen molar-refractivity contribution in [1.82, 2.24) is 15.5 Å². The van der Waals surface area contributed by atoms with Gasteiger partial charge in [-0.15, -0.1) is 12.4 Å². The van der Waals surface area contributed by atoms with Crippen LogP contribution in [-0.2, 0) is 9.59 Å². The molecule has 0 aromatic rings. The van der Waals surface area contributed by atoms with Crippen LogP contribution in [0.15, 0.2) is 0 Å². The van der Waals surface area contributed by atoms with E-state index in [1.165, 1.54) is 32.6 Å². The number of nitrogens with zero attached hydrogens (tertiary/aromatic N) is 1. The van der Waals surface area contributed by atoms with Gasteiger partial charge in [0.15, 0.2) is 0 Å². The van der Waals surface area contributed by atoms with E-state index in [1.54, 1.807) is 0 Å². The topological polar surface area (TPSA) is 61.4 Å². The number of amides is 2. The van der Waals surface area contributed by atoms with Gasteiger partial charge in [-0.3, -0.25) is 9.59 Å². The van der Waals surface area contributed by atoms with Gasteiger partial charge in [-0.25, -0.2) is 0 Å². The van der Waals surface area contributed by atoms with E-state index in [-0.39, 0.29) is 30.3 Å². The molecule has 2 N–H and O–H groups in total. The number of hydrogen-bond donors (Lipinski definition) is 2. The number of fused-ring (bicyclic) bond motifs is 2. The number of likely N-dealkylation sites (tertiary alicyclic amines) is 1. The molecule has 22 heavy (non-hydrogen) atoms. The second-order valence-electron chi connectivity index (χ2n) is 6.93. The molecule has 1 aliphatic carbocycles. The van der Waals surface area contributed by atoms with Crippen molar-refractivity contribution in [2.75, 3.05) is 13.1 Å². The fraction of sp³-hybridized carbons (Fsp3) is 0.875. The normalized spacial score (nSPS) is 29.6. The first-order chi connectivity index (χ1) is 10.1. The van der Waals surface area contributed by atoms with Crippen molar-refractivity contribution in [2.24, 2.45) is 5.92 Å². The molecule has 0 radical (unpaired) electrons. The van der Waals surface area contributed by atoms with E-state index in [1.807, 2.05) is 4.90 Å². The van der Waals surface area contributed by atoms with E-state index in [4.69, 9.17) is 0 Å². The van der Waals surface area contributed by atoms with Crippen molar-refractivity contribution in [3.63, 3.8) is 0 Å². The summed E-state index contributed by atoms with van der Waals surface area (Å²) in [5.41, 5.74) is 0. The molecular formula is C16H28ClN3O2. The van der Waals surface area contributed by atoms with Gasteiger partial charge in [-0.1, -0.05) is 12.8 Å². The maximum atomic E-state index is 12.9. The lowest BCUT2D eigenvalue weighted by Crippen LogP contribution is -2.53. The van der Waals surface area contributed by atoms with Crippen molar-refractivity contribution >= 4 is 24.2 Å². The highest BCUT2D eigenvalue weighted by atomic mass is 35.5. The number of hydrogen-bond acceptors (Lipinski definition) is 3. The van der Waals surface area contributed by atoms with Crippen molar-refractivity contribution in [3.8, 4) is 0 Å². The highest BCUT2D eigenvalue weighted by Gasteiger charge is 2.37. The molecule has 2 saturated heterocycles. The van der Waals surface area contributed by atoms with E-state index >= 15 is 0 Å². The average Bonchev–Trinajstić information content (AvgIpc) is 3.05. The molecule has 2 amide bonds. The fourth-order valence-electron chi connectivity index (χ4n) is 4.23. The summed E-state index contributed by atoms with van der Waals surface area (Å²) in [6, 6.07) is 0.725. The summed E-state index contributed by atoms with van der Waals surface area (Å²) in [7, 11) is 0. The van der Waals surface area contributed by atoms with Crippen LogP contribution in [0.3, 0.4) is 0 Å². The van der Waals surface area contributed by atoms with Crippen LogP contribution in [-0.4, -0.2) is 47.9 Å². The Hall–Kier alpha value is -0.810. The van der Waals surface area contributed by atoms with Crippen molar-refractivity contribution in [2.45, 2.75) is 70.0 Å². The van der Waals surface area contributed by atoms with Gasteiger partial charge in [0.25, 0.3) is 0 Å². The van der Waals surface area contributed by atoms with Gasteiger partial charge in [0.1, 0.15) is 6.04 Å². The molecule has 6 heteroatoms. The molecule has 2 bridgehead atoms. The monoisotopic (exact) mass is 329 g/mol. The first-order valence-corrected chi connectivity index (χ1v) is 8.45. The molecule has 3 aliphatic rings. The summed E-state index contributed by atoms with van der Waals surface area (Å²) >= 11 is 0. The third-order valence-electron chi connectivity index (χ3n) is 5.33. The predicted molar refractivity (Wildman–Crippen MR) is 88.0 cm³/mol. The van der Waals surface area contributed by atoms with Crippen LogP contribution in [0.1, 0.15) is 51.9 Å². The maximum absolute atomic E-state index is 12.9. The number of carbonyl (C=O) groups excluding carboxylic acids is 2. The molecule has 0 aromatic heterocycles. The lowest BCUT2D eigenvalue weighted by molar-refractivity contribution is -0.137. The molecular weight excluding hydrogens is 302 g/mol. The van der Waals surface area contributed by atoms with E-state index < -0.39 is 0 Å². The molecule has 3 atom stereocenters. The molecule has 5 nitrogen and oxygen atoms in total. The van der Waals surface area contributed by atoms with Crippen molar-refractivity contribution < 1.29 is 9.59 Å². The van der Waals surface area contributed by atoms with Gasteiger partial charge in [0.2, 0.25) is 11.8 Å². The molecule has 0 spiro atoms. The molecule has 1 saturated carbocycles. The first kappa shape index (κ1) is 17.5. The van der Waals surface area contributed by atoms with Gasteiger partial charge < -0.3 is 15.5 Å². The maximum Gasteiger partial charge on any atom is 0.245 e. The Bertz CT molecular complexity index is 412. The van der Waals surface area contributed by atoms with Crippen molar-refractivity contribution in [3.05, 3.63) is 0 Å². The van der Waals surface area contributed by atoms with Gasteiger partial charge in [-0.2, -0.15) is 0 Å². The van der Waals surface area contributed by atoms with Crippen LogP contribution >= 0.6 is 12.4 Å². The molecule has 126 valence electrons. The highest BCUT2D eigenvalue weighted by molar-refractivity contribution is 5.87. The minimum atomic E-state index is -0.304. The number of carbonyl (C=O) groups is 2. The Labute approximate surface area is 139 Å². The van der Waals surface area contributed by atoms with E-state index in [0.717, 1.165) is 32.4 Å². The second kappa shape index (κ2) is 7.64. The molecule has 3 unspecified atom stereocenters. The Morgan fingerprint density at radius 2 is 1.77 bits per heavy atom. The summed E-state index contributed by atoms with van der Waals surface area (Å²) in [6.07, 6.45) is 7.94. The van der Waals surface area contributed by atoms with Crippen LogP contribution in [0.2, 0.25) is 0 Å². The van der Waals surface area contributed by atoms with Crippen LogP contribution in [0.5, 0.6) is 0 Å². The molecule has 2 heterocycles. The number of rotatable bonds is 3. The Morgan fingerprint density at radius 1 is 1.09 bits per heavy atom. The molecule has 3 rings (SSSR count). The summed E-state index contributed by atoms with van der Waals surface area (Å²) in [5.74, 6) is 0.385. The zero-order valence-corrected chi connectivity index (χ0v) is 14.2. The van der Waals surface area contributed by atoms with Crippen molar-refractivity contribution in [1.29, 1.82) is 0 Å². The summed E-state index contributed by atoms with van der Waals surface area (Å²) in [6.45, 7) is 3.15. The number of halogens is 1. The third kappa shape index (κ3) is 3.93. The third-order valence-corrected chi connectivity index (χ3v) is 5.33. The Kier molecular flexibility index (Phi) is 6.09. The van der Waals surface area contributed by atoms with Gasteiger partial charge in [0.05, 0.1) is 0 Å². The zero-order chi connectivity index (χ0) is 14.8. The summed E-state index contributed by atoms with van der Waals surface area (Å²) in [5, 5.41) is 6.54. The second-order valence-corrected chi connectivity index (χ2v) is 6.93. The predicted octanol–water partition coefficient (Wildman–Crippen LogP) is 1.46. The standard InChI is InChI=1S/C16H27N3O2.ClH/c1-11(20)17-15(12-4-2-3-5-12)16(21)19-9-8-13-6-7-14(10-19)18-13;/h12-15,18H,2-10H2,1H3,(H,17,20);1H. The van der Waals surface area contributed by atoms with Crippen LogP contribution in [0.4, 0.5) is 0 Å². The van der Waals surface area contributed by atoms with Crippen LogP contribution < -0.4 is 10.6 Å². The average molecular weight is 330 g/mol. The lowest BCUT2D eigenvalue weighted by atomic mass is 9.96.